The quantitative estimate of drug-likeness (QED) is 0.840. The minimum absolute atomic E-state index is 0.00509. The van der Waals surface area contributed by atoms with E-state index < -0.39 is 0 Å². The van der Waals surface area contributed by atoms with Crippen LogP contribution < -0.4 is 0 Å². The van der Waals surface area contributed by atoms with Crippen LogP contribution in [0.25, 0.3) is 0 Å². The van der Waals surface area contributed by atoms with Gasteiger partial charge in [-0.1, -0.05) is 19.0 Å². The van der Waals surface area contributed by atoms with Gasteiger partial charge in [0.05, 0.1) is 6.54 Å². The SMILES string of the molecule is CC(C)c1noc(CN(C)C(=O)[C@H](C)n2cccc2)n1. The smallest absolute Gasteiger partial charge is 0.246 e. The van der Waals surface area contributed by atoms with E-state index in [4.69, 9.17) is 4.52 Å². The van der Waals surface area contributed by atoms with Crippen molar-refractivity contribution in [3.8, 4) is 0 Å². The first-order valence-electron chi connectivity index (χ1n) is 6.69. The lowest BCUT2D eigenvalue weighted by molar-refractivity contribution is -0.133. The summed E-state index contributed by atoms with van der Waals surface area (Å²) >= 11 is 0. The van der Waals surface area contributed by atoms with E-state index in [1.54, 1.807) is 11.9 Å². The molecule has 1 atom stereocenters. The Morgan fingerprint density at radius 3 is 2.55 bits per heavy atom. The molecule has 0 saturated heterocycles. The highest BCUT2D eigenvalue weighted by molar-refractivity contribution is 5.79. The lowest BCUT2D eigenvalue weighted by atomic mass is 10.2. The van der Waals surface area contributed by atoms with E-state index in [2.05, 4.69) is 10.1 Å². The third kappa shape index (κ3) is 3.07. The first-order valence-corrected chi connectivity index (χ1v) is 6.69. The standard InChI is InChI=1S/C14H20N4O2/c1-10(2)13-15-12(20-16-13)9-17(4)14(19)11(3)18-7-5-6-8-18/h5-8,10-11H,9H2,1-4H3/t11-/m0/s1. The number of amides is 1. The summed E-state index contributed by atoms with van der Waals surface area (Å²) < 4.78 is 7.02. The van der Waals surface area contributed by atoms with E-state index in [0.29, 0.717) is 18.3 Å². The zero-order valence-electron chi connectivity index (χ0n) is 12.3. The summed E-state index contributed by atoms with van der Waals surface area (Å²) in [5.41, 5.74) is 0. The Labute approximate surface area is 118 Å². The van der Waals surface area contributed by atoms with Gasteiger partial charge in [-0.3, -0.25) is 4.79 Å². The van der Waals surface area contributed by atoms with Crippen LogP contribution in [0, 0.1) is 0 Å². The first kappa shape index (κ1) is 14.3. The maximum atomic E-state index is 12.3. The van der Waals surface area contributed by atoms with Crippen LogP contribution in [0.3, 0.4) is 0 Å². The lowest BCUT2D eigenvalue weighted by Gasteiger charge is -2.20. The maximum Gasteiger partial charge on any atom is 0.246 e. The minimum Gasteiger partial charge on any atom is -0.342 e. The maximum absolute atomic E-state index is 12.3. The molecule has 0 bridgehead atoms. The number of aromatic nitrogens is 3. The van der Waals surface area contributed by atoms with E-state index in [1.165, 1.54) is 0 Å². The van der Waals surface area contributed by atoms with E-state index in [-0.39, 0.29) is 17.9 Å². The van der Waals surface area contributed by atoms with Gasteiger partial charge in [-0.25, -0.2) is 0 Å². The van der Waals surface area contributed by atoms with Crippen molar-refractivity contribution < 1.29 is 9.32 Å². The molecule has 2 aromatic heterocycles. The second kappa shape index (κ2) is 5.90. The zero-order valence-corrected chi connectivity index (χ0v) is 12.3. The molecule has 0 aromatic carbocycles. The molecule has 2 rings (SSSR count). The van der Waals surface area contributed by atoms with Crippen LogP contribution in [-0.2, 0) is 11.3 Å². The van der Waals surface area contributed by atoms with Crippen LogP contribution in [0.15, 0.2) is 29.0 Å². The predicted molar refractivity (Wildman–Crippen MR) is 74.0 cm³/mol. The second-order valence-corrected chi connectivity index (χ2v) is 5.20. The molecule has 6 nitrogen and oxygen atoms in total. The molecule has 0 spiro atoms. The van der Waals surface area contributed by atoms with Crippen LogP contribution >= 0.6 is 0 Å². The molecule has 0 aliphatic rings. The van der Waals surface area contributed by atoms with Gasteiger partial charge in [-0.2, -0.15) is 4.98 Å². The van der Waals surface area contributed by atoms with Crippen molar-refractivity contribution >= 4 is 5.91 Å². The van der Waals surface area contributed by atoms with Gasteiger partial charge >= 0.3 is 0 Å². The van der Waals surface area contributed by atoms with Gasteiger partial charge in [-0.05, 0) is 19.1 Å². The van der Waals surface area contributed by atoms with E-state index in [1.807, 2.05) is 49.9 Å². The number of hydrogen-bond donors (Lipinski definition) is 0. The van der Waals surface area contributed by atoms with Crippen molar-refractivity contribution in [3.05, 3.63) is 36.2 Å². The Morgan fingerprint density at radius 1 is 1.35 bits per heavy atom. The normalized spacial score (nSPS) is 12.7. The van der Waals surface area contributed by atoms with E-state index in [9.17, 15) is 4.79 Å². The van der Waals surface area contributed by atoms with Crippen molar-refractivity contribution in [1.29, 1.82) is 0 Å². The lowest BCUT2D eigenvalue weighted by Crippen LogP contribution is -2.32. The minimum atomic E-state index is -0.248. The fourth-order valence-electron chi connectivity index (χ4n) is 1.90. The van der Waals surface area contributed by atoms with E-state index in [0.717, 1.165) is 0 Å². The molecule has 0 aliphatic carbocycles. The summed E-state index contributed by atoms with van der Waals surface area (Å²) in [6.07, 6.45) is 3.75. The number of carbonyl (C=O) groups excluding carboxylic acids is 1. The molecule has 2 aromatic rings. The van der Waals surface area contributed by atoms with Crippen LogP contribution in [0.2, 0.25) is 0 Å². The van der Waals surface area contributed by atoms with E-state index >= 15 is 0 Å². The zero-order chi connectivity index (χ0) is 14.7. The van der Waals surface area contributed by atoms with Gasteiger partial charge in [0, 0.05) is 25.4 Å². The number of likely N-dealkylation sites (N-methyl/N-ethyl adjacent to an activating group) is 1. The van der Waals surface area contributed by atoms with Crippen LogP contribution in [0.4, 0.5) is 0 Å². The fraction of sp³-hybridized carbons (Fsp3) is 0.500. The number of hydrogen-bond acceptors (Lipinski definition) is 4. The van der Waals surface area contributed by atoms with Crippen molar-refractivity contribution in [2.75, 3.05) is 7.05 Å². The Morgan fingerprint density at radius 2 is 2.00 bits per heavy atom. The van der Waals surface area contributed by atoms with Crippen molar-refractivity contribution in [2.24, 2.45) is 0 Å². The molecule has 0 fully saturated rings. The van der Waals surface area contributed by atoms with Gasteiger partial charge in [0.2, 0.25) is 11.8 Å². The highest BCUT2D eigenvalue weighted by Gasteiger charge is 2.20. The summed E-state index contributed by atoms with van der Waals surface area (Å²) in [5.74, 6) is 1.35. The number of nitrogens with zero attached hydrogens (tertiary/aromatic N) is 4. The molecule has 0 saturated carbocycles. The summed E-state index contributed by atoms with van der Waals surface area (Å²) in [7, 11) is 1.74. The largest absolute Gasteiger partial charge is 0.342 e. The van der Waals surface area contributed by atoms with Gasteiger partial charge in [-0.15, -0.1) is 0 Å². The second-order valence-electron chi connectivity index (χ2n) is 5.20. The summed E-state index contributed by atoms with van der Waals surface area (Å²) in [5, 5.41) is 3.89. The third-order valence-electron chi connectivity index (χ3n) is 3.18. The van der Waals surface area contributed by atoms with Crippen molar-refractivity contribution in [2.45, 2.75) is 39.3 Å². The molecule has 108 valence electrons. The van der Waals surface area contributed by atoms with Gasteiger partial charge < -0.3 is 14.0 Å². The molecule has 0 aliphatic heterocycles. The summed E-state index contributed by atoms with van der Waals surface area (Å²) in [6, 6.07) is 3.55. The van der Waals surface area contributed by atoms with Gasteiger partial charge in [0.25, 0.3) is 0 Å². The average Bonchev–Trinajstić information content (AvgIpc) is 3.07. The molecular weight excluding hydrogens is 256 g/mol. The Bertz CT molecular complexity index is 560. The summed E-state index contributed by atoms with van der Waals surface area (Å²) in [4.78, 5) is 18.2. The molecule has 1 amide bonds. The molecule has 2 heterocycles. The molecule has 0 N–H and O–H groups in total. The number of carbonyl (C=O) groups is 1. The van der Waals surface area contributed by atoms with Gasteiger partial charge in [0.15, 0.2) is 5.82 Å². The van der Waals surface area contributed by atoms with Crippen molar-refractivity contribution in [3.63, 3.8) is 0 Å². The van der Waals surface area contributed by atoms with Crippen molar-refractivity contribution in [1.82, 2.24) is 19.6 Å². The topological polar surface area (TPSA) is 64.2 Å². The van der Waals surface area contributed by atoms with Crippen LogP contribution in [0.5, 0.6) is 0 Å². The van der Waals surface area contributed by atoms with Crippen LogP contribution in [0.1, 0.15) is 44.4 Å². The monoisotopic (exact) mass is 276 g/mol. The first-order chi connectivity index (χ1) is 9.49. The van der Waals surface area contributed by atoms with Crippen LogP contribution in [-0.4, -0.2) is 32.6 Å². The molecule has 0 radical (unpaired) electrons. The van der Waals surface area contributed by atoms with Gasteiger partial charge in [0.1, 0.15) is 6.04 Å². The average molecular weight is 276 g/mol. The number of rotatable bonds is 5. The Hall–Kier alpha value is -2.11. The summed E-state index contributed by atoms with van der Waals surface area (Å²) in [6.45, 7) is 6.19. The molecule has 6 heteroatoms. The highest BCUT2D eigenvalue weighted by Crippen LogP contribution is 2.13. The predicted octanol–water partition coefficient (Wildman–Crippen LogP) is 2.21. The third-order valence-corrected chi connectivity index (χ3v) is 3.18. The highest BCUT2D eigenvalue weighted by atomic mass is 16.5. The molecular formula is C14H20N4O2. The Kier molecular flexibility index (Phi) is 4.22. The molecule has 0 unspecified atom stereocenters. The molecule has 20 heavy (non-hydrogen) atoms. The Balaban J connectivity index is 2.00. The fourth-order valence-corrected chi connectivity index (χ4v) is 1.90.